The first kappa shape index (κ1) is 21.3. The normalized spacial score (nSPS) is 10.6. The van der Waals surface area contributed by atoms with E-state index in [4.69, 9.17) is 23.2 Å². The van der Waals surface area contributed by atoms with Crippen LogP contribution in [0.4, 0.5) is 5.69 Å². The molecule has 1 aromatic heterocycles. The fraction of sp³-hybridized carbons (Fsp3) is 0.190. The average molecular weight is 448 g/mol. The zero-order chi connectivity index (χ0) is 20.8. The van der Waals surface area contributed by atoms with Gasteiger partial charge in [-0.2, -0.15) is 0 Å². The van der Waals surface area contributed by atoms with Gasteiger partial charge in [0.15, 0.2) is 0 Å². The monoisotopic (exact) mass is 447 g/mol. The molecule has 3 aromatic rings. The standard InChI is InChI=1S/C21H19Cl2N3O2S/c1-2-10-26(12-19(27)24-17-11-15(22)8-9-16(17)23)21(28)18-13-29-20(25-18)14-6-4-3-5-7-14/h3-9,11,13H,2,10,12H2,1H3,(H,24,27). The molecule has 0 atom stereocenters. The van der Waals surface area contributed by atoms with E-state index in [9.17, 15) is 9.59 Å². The summed E-state index contributed by atoms with van der Waals surface area (Å²) in [6.45, 7) is 2.28. The van der Waals surface area contributed by atoms with Gasteiger partial charge in [-0.25, -0.2) is 4.98 Å². The number of thiazole rings is 1. The van der Waals surface area contributed by atoms with E-state index < -0.39 is 0 Å². The number of benzene rings is 2. The minimum atomic E-state index is -0.352. The first-order valence-corrected chi connectivity index (χ1v) is 10.7. The van der Waals surface area contributed by atoms with Crippen molar-refractivity contribution in [2.75, 3.05) is 18.4 Å². The van der Waals surface area contributed by atoms with E-state index in [1.54, 1.807) is 23.6 Å². The molecule has 0 saturated heterocycles. The summed E-state index contributed by atoms with van der Waals surface area (Å²) >= 11 is 13.5. The lowest BCUT2D eigenvalue weighted by atomic mass is 10.2. The summed E-state index contributed by atoms with van der Waals surface area (Å²) in [6, 6.07) is 14.5. The third-order valence-electron chi connectivity index (χ3n) is 4.06. The van der Waals surface area contributed by atoms with Gasteiger partial charge in [0, 0.05) is 22.5 Å². The summed E-state index contributed by atoms with van der Waals surface area (Å²) in [5.74, 6) is -0.632. The van der Waals surface area contributed by atoms with Gasteiger partial charge in [-0.05, 0) is 24.6 Å². The maximum atomic E-state index is 12.9. The molecule has 0 fully saturated rings. The molecule has 8 heteroatoms. The molecular weight excluding hydrogens is 429 g/mol. The van der Waals surface area contributed by atoms with E-state index in [1.807, 2.05) is 37.3 Å². The highest BCUT2D eigenvalue weighted by atomic mass is 35.5. The van der Waals surface area contributed by atoms with Gasteiger partial charge in [-0.3, -0.25) is 9.59 Å². The first-order chi connectivity index (χ1) is 14.0. The van der Waals surface area contributed by atoms with Crippen molar-refractivity contribution in [2.45, 2.75) is 13.3 Å². The second kappa shape index (κ2) is 9.87. The molecule has 5 nitrogen and oxygen atoms in total. The van der Waals surface area contributed by atoms with Gasteiger partial charge in [-0.15, -0.1) is 11.3 Å². The lowest BCUT2D eigenvalue weighted by Crippen LogP contribution is -2.38. The molecular formula is C21H19Cl2N3O2S. The summed E-state index contributed by atoms with van der Waals surface area (Å²) in [6.07, 6.45) is 0.715. The van der Waals surface area contributed by atoms with Gasteiger partial charge in [-0.1, -0.05) is 60.5 Å². The molecule has 0 aliphatic carbocycles. The Labute approximate surface area is 183 Å². The van der Waals surface area contributed by atoms with Crippen molar-refractivity contribution < 1.29 is 9.59 Å². The highest BCUT2D eigenvalue weighted by Gasteiger charge is 2.21. The zero-order valence-electron chi connectivity index (χ0n) is 15.7. The predicted molar refractivity (Wildman–Crippen MR) is 119 cm³/mol. The minimum absolute atomic E-state index is 0.103. The van der Waals surface area contributed by atoms with Gasteiger partial charge in [0.2, 0.25) is 5.91 Å². The van der Waals surface area contributed by atoms with Gasteiger partial charge in [0.1, 0.15) is 17.2 Å². The van der Waals surface area contributed by atoms with Crippen molar-refractivity contribution in [2.24, 2.45) is 0 Å². The number of halogens is 2. The number of hydrogen-bond donors (Lipinski definition) is 1. The van der Waals surface area contributed by atoms with Crippen molar-refractivity contribution in [3.63, 3.8) is 0 Å². The summed E-state index contributed by atoms with van der Waals surface area (Å²) < 4.78 is 0. The Morgan fingerprint density at radius 3 is 2.62 bits per heavy atom. The molecule has 0 unspecified atom stereocenters. The number of carbonyl (C=O) groups excluding carboxylic acids is 2. The molecule has 1 N–H and O–H groups in total. The Bertz CT molecular complexity index is 1010. The van der Waals surface area contributed by atoms with Crippen LogP contribution in [-0.4, -0.2) is 34.8 Å². The van der Waals surface area contributed by atoms with E-state index >= 15 is 0 Å². The second-order valence-electron chi connectivity index (χ2n) is 6.30. The van der Waals surface area contributed by atoms with Crippen LogP contribution in [0.5, 0.6) is 0 Å². The molecule has 0 saturated carbocycles. The molecule has 29 heavy (non-hydrogen) atoms. The van der Waals surface area contributed by atoms with Crippen LogP contribution in [0, 0.1) is 0 Å². The maximum absolute atomic E-state index is 12.9. The lowest BCUT2D eigenvalue weighted by molar-refractivity contribution is -0.116. The highest BCUT2D eigenvalue weighted by Crippen LogP contribution is 2.26. The van der Waals surface area contributed by atoms with Crippen molar-refractivity contribution in [1.82, 2.24) is 9.88 Å². The average Bonchev–Trinajstić information content (AvgIpc) is 3.21. The summed E-state index contributed by atoms with van der Waals surface area (Å²) in [7, 11) is 0. The van der Waals surface area contributed by atoms with Crippen LogP contribution in [-0.2, 0) is 4.79 Å². The van der Waals surface area contributed by atoms with Crippen LogP contribution < -0.4 is 5.32 Å². The minimum Gasteiger partial charge on any atom is -0.328 e. The van der Waals surface area contributed by atoms with E-state index in [0.29, 0.717) is 34.4 Å². The molecule has 0 bridgehead atoms. The summed E-state index contributed by atoms with van der Waals surface area (Å²) in [5.41, 5.74) is 1.69. The number of rotatable bonds is 7. The molecule has 1 heterocycles. The fourth-order valence-corrected chi connectivity index (χ4v) is 3.86. The van der Waals surface area contributed by atoms with Gasteiger partial charge >= 0.3 is 0 Å². The van der Waals surface area contributed by atoms with Gasteiger partial charge in [0.05, 0.1) is 10.7 Å². The van der Waals surface area contributed by atoms with E-state index in [1.165, 1.54) is 16.2 Å². The third-order valence-corrected chi connectivity index (χ3v) is 5.52. The molecule has 0 spiro atoms. The Morgan fingerprint density at radius 2 is 1.90 bits per heavy atom. The maximum Gasteiger partial charge on any atom is 0.273 e. The van der Waals surface area contributed by atoms with Crippen LogP contribution in [0.1, 0.15) is 23.8 Å². The number of anilines is 1. The van der Waals surface area contributed by atoms with Crippen LogP contribution in [0.2, 0.25) is 10.0 Å². The molecule has 150 valence electrons. The van der Waals surface area contributed by atoms with Crippen LogP contribution in [0.15, 0.2) is 53.9 Å². The number of amides is 2. The summed E-state index contributed by atoms with van der Waals surface area (Å²) in [5, 5.41) is 6.03. The zero-order valence-corrected chi connectivity index (χ0v) is 18.0. The Hall–Kier alpha value is -2.41. The van der Waals surface area contributed by atoms with Crippen LogP contribution in [0.25, 0.3) is 10.6 Å². The SMILES string of the molecule is CCCN(CC(=O)Nc1cc(Cl)ccc1Cl)C(=O)c1csc(-c2ccccc2)n1. The van der Waals surface area contributed by atoms with E-state index in [0.717, 1.165) is 10.6 Å². The van der Waals surface area contributed by atoms with Crippen molar-refractivity contribution in [1.29, 1.82) is 0 Å². The van der Waals surface area contributed by atoms with Crippen molar-refractivity contribution >= 4 is 52.0 Å². The lowest BCUT2D eigenvalue weighted by Gasteiger charge is -2.21. The molecule has 0 aliphatic rings. The quantitative estimate of drug-likeness (QED) is 0.511. The van der Waals surface area contributed by atoms with Crippen molar-refractivity contribution in [3.05, 3.63) is 69.7 Å². The number of nitrogens with one attached hydrogen (secondary N) is 1. The molecule has 3 rings (SSSR count). The number of carbonyl (C=O) groups is 2. The second-order valence-corrected chi connectivity index (χ2v) is 8.00. The van der Waals surface area contributed by atoms with Crippen LogP contribution in [0.3, 0.4) is 0 Å². The smallest absolute Gasteiger partial charge is 0.273 e. The van der Waals surface area contributed by atoms with Crippen LogP contribution >= 0.6 is 34.5 Å². The summed E-state index contributed by atoms with van der Waals surface area (Å²) in [4.78, 5) is 31.4. The fourth-order valence-electron chi connectivity index (χ4n) is 2.73. The van der Waals surface area contributed by atoms with E-state index in [-0.39, 0.29) is 18.4 Å². The Morgan fingerprint density at radius 1 is 1.14 bits per heavy atom. The Balaban J connectivity index is 1.72. The first-order valence-electron chi connectivity index (χ1n) is 9.03. The number of nitrogens with zero attached hydrogens (tertiary/aromatic N) is 2. The Kier molecular flexibility index (Phi) is 7.25. The molecule has 0 aliphatic heterocycles. The topological polar surface area (TPSA) is 62.3 Å². The largest absolute Gasteiger partial charge is 0.328 e. The molecule has 0 radical (unpaired) electrons. The molecule has 2 aromatic carbocycles. The third kappa shape index (κ3) is 5.56. The van der Waals surface area contributed by atoms with Gasteiger partial charge < -0.3 is 10.2 Å². The highest BCUT2D eigenvalue weighted by molar-refractivity contribution is 7.13. The van der Waals surface area contributed by atoms with Gasteiger partial charge in [0.25, 0.3) is 5.91 Å². The number of aromatic nitrogens is 1. The van der Waals surface area contributed by atoms with E-state index in [2.05, 4.69) is 10.3 Å². The predicted octanol–water partition coefficient (Wildman–Crippen LogP) is 5.61. The number of hydrogen-bond acceptors (Lipinski definition) is 4. The van der Waals surface area contributed by atoms with Crippen molar-refractivity contribution in [3.8, 4) is 10.6 Å². The molecule has 2 amide bonds.